The van der Waals surface area contributed by atoms with Gasteiger partial charge in [-0.15, -0.1) is 0 Å². The standard InChI is InChI=1S/C32H36O4/c33-29(31-15-3-7-25(31)19-11-13-21(31)17-19)35-27-9-1-5-23-24(27)6-2-10-28(23)36-30(34)32-16-4-8-26(32)20-12-14-22(32)18-20/h1-2,5-6,9-10,19-22,25-26H,3-4,7-8,11-18H2. The molecule has 8 atom stereocenters. The van der Waals surface area contributed by atoms with Crippen molar-refractivity contribution in [2.24, 2.45) is 46.3 Å². The van der Waals surface area contributed by atoms with Crippen molar-refractivity contribution in [3.8, 4) is 11.5 Å². The van der Waals surface area contributed by atoms with Crippen molar-refractivity contribution >= 4 is 22.7 Å². The molecule has 6 aliphatic rings. The summed E-state index contributed by atoms with van der Waals surface area (Å²) in [5.41, 5.74) is -0.540. The lowest BCUT2D eigenvalue weighted by Crippen LogP contribution is -2.42. The van der Waals surface area contributed by atoms with Crippen LogP contribution < -0.4 is 9.47 Å². The van der Waals surface area contributed by atoms with Crippen LogP contribution in [0, 0.1) is 46.3 Å². The highest BCUT2D eigenvalue weighted by molar-refractivity contribution is 5.97. The minimum absolute atomic E-state index is 0.0123. The van der Waals surface area contributed by atoms with E-state index in [2.05, 4.69) is 0 Å². The maximum absolute atomic E-state index is 13.8. The summed E-state index contributed by atoms with van der Waals surface area (Å²) in [6.45, 7) is 0. The van der Waals surface area contributed by atoms with Gasteiger partial charge in [0.25, 0.3) is 0 Å². The Morgan fingerprint density at radius 3 is 1.58 bits per heavy atom. The molecule has 2 aromatic rings. The fourth-order valence-corrected chi connectivity index (χ4v) is 10.8. The monoisotopic (exact) mass is 484 g/mol. The highest BCUT2D eigenvalue weighted by atomic mass is 16.5. The molecule has 0 N–H and O–H groups in total. The van der Waals surface area contributed by atoms with Crippen LogP contribution >= 0.6 is 0 Å². The van der Waals surface area contributed by atoms with Gasteiger partial charge in [0.2, 0.25) is 0 Å². The van der Waals surface area contributed by atoms with E-state index >= 15 is 0 Å². The summed E-state index contributed by atoms with van der Waals surface area (Å²) in [4.78, 5) is 27.6. The molecule has 2 aromatic carbocycles. The van der Waals surface area contributed by atoms with Crippen LogP contribution in [0.2, 0.25) is 0 Å². The lowest BCUT2D eigenvalue weighted by atomic mass is 9.68. The average Bonchev–Trinajstić information content (AvgIpc) is 3.71. The molecule has 6 aliphatic carbocycles. The van der Waals surface area contributed by atoms with Crippen molar-refractivity contribution < 1.29 is 19.1 Å². The van der Waals surface area contributed by atoms with Gasteiger partial charge in [-0.3, -0.25) is 9.59 Å². The average molecular weight is 485 g/mol. The Morgan fingerprint density at radius 2 is 1.11 bits per heavy atom. The molecule has 4 bridgehead atoms. The van der Waals surface area contributed by atoms with Crippen LogP contribution in [0.3, 0.4) is 0 Å². The predicted molar refractivity (Wildman–Crippen MR) is 136 cm³/mol. The molecule has 0 heterocycles. The van der Waals surface area contributed by atoms with E-state index in [0.717, 1.165) is 36.5 Å². The molecule has 36 heavy (non-hydrogen) atoms. The van der Waals surface area contributed by atoms with Crippen LogP contribution in [0.15, 0.2) is 36.4 Å². The third kappa shape index (κ3) is 2.66. The number of benzene rings is 2. The zero-order chi connectivity index (χ0) is 24.1. The van der Waals surface area contributed by atoms with E-state index in [1.165, 1.54) is 51.4 Å². The summed E-state index contributed by atoms with van der Waals surface area (Å²) in [5.74, 6) is 4.63. The number of carbonyl (C=O) groups is 2. The molecule has 0 radical (unpaired) electrons. The molecular weight excluding hydrogens is 448 g/mol. The molecule has 0 amide bonds. The number of ether oxygens (including phenoxy) is 2. The number of fused-ring (bicyclic) bond motifs is 11. The van der Waals surface area contributed by atoms with Gasteiger partial charge in [0.15, 0.2) is 0 Å². The van der Waals surface area contributed by atoms with Crippen LogP contribution in [0.4, 0.5) is 0 Å². The lowest BCUT2D eigenvalue weighted by Gasteiger charge is -2.37. The van der Waals surface area contributed by atoms with Gasteiger partial charge >= 0.3 is 11.9 Å². The third-order valence-corrected chi connectivity index (χ3v) is 12.1. The normalized spacial score (nSPS) is 41.6. The summed E-state index contributed by atoms with van der Waals surface area (Å²) in [5, 5.41) is 1.72. The molecule has 6 saturated carbocycles. The molecule has 4 nitrogen and oxygen atoms in total. The number of hydrogen-bond donors (Lipinski definition) is 0. The highest BCUT2D eigenvalue weighted by Gasteiger charge is 2.65. The number of esters is 2. The third-order valence-electron chi connectivity index (χ3n) is 12.1. The van der Waals surface area contributed by atoms with Crippen molar-refractivity contribution in [3.05, 3.63) is 36.4 Å². The van der Waals surface area contributed by atoms with Gasteiger partial charge in [0.1, 0.15) is 11.5 Å². The second kappa shape index (κ2) is 7.58. The summed E-state index contributed by atoms with van der Waals surface area (Å²) >= 11 is 0. The Hall–Kier alpha value is -2.36. The summed E-state index contributed by atoms with van der Waals surface area (Å²) in [6, 6.07) is 11.7. The topological polar surface area (TPSA) is 52.6 Å². The summed E-state index contributed by atoms with van der Waals surface area (Å²) in [6.07, 6.45) is 14.0. The fraction of sp³-hybridized carbons (Fsp3) is 0.625. The molecule has 188 valence electrons. The minimum atomic E-state index is -0.270. The first-order valence-corrected chi connectivity index (χ1v) is 14.6. The molecule has 4 heteroatoms. The minimum Gasteiger partial charge on any atom is -0.425 e. The molecule has 8 rings (SSSR count). The van der Waals surface area contributed by atoms with E-state index in [1.807, 2.05) is 36.4 Å². The molecule has 0 aromatic heterocycles. The zero-order valence-corrected chi connectivity index (χ0v) is 21.0. The Morgan fingerprint density at radius 1 is 0.639 bits per heavy atom. The van der Waals surface area contributed by atoms with Gasteiger partial charge in [-0.1, -0.05) is 37.1 Å². The first-order chi connectivity index (χ1) is 17.6. The summed E-state index contributed by atoms with van der Waals surface area (Å²) in [7, 11) is 0. The van der Waals surface area contributed by atoms with Crippen molar-refractivity contribution in [3.63, 3.8) is 0 Å². The molecule has 8 unspecified atom stereocenters. The van der Waals surface area contributed by atoms with Crippen molar-refractivity contribution in [1.29, 1.82) is 0 Å². The SMILES string of the molecule is O=C(Oc1cccc2c(OC(=O)C34CCCC3C3CCC4C3)cccc12)C12CCCC1C1CCC2C1. The first kappa shape index (κ1) is 21.7. The number of rotatable bonds is 4. The van der Waals surface area contributed by atoms with E-state index in [9.17, 15) is 9.59 Å². The largest absolute Gasteiger partial charge is 0.425 e. The van der Waals surface area contributed by atoms with E-state index in [-0.39, 0.29) is 22.8 Å². The quantitative estimate of drug-likeness (QED) is 0.344. The predicted octanol–water partition coefficient (Wildman–Crippen LogP) is 7.08. The van der Waals surface area contributed by atoms with Crippen LogP contribution in [0.25, 0.3) is 10.8 Å². The molecule has 6 fully saturated rings. The Labute approximate surface area is 213 Å². The van der Waals surface area contributed by atoms with Crippen LogP contribution in [-0.4, -0.2) is 11.9 Å². The zero-order valence-electron chi connectivity index (χ0n) is 21.0. The number of hydrogen-bond acceptors (Lipinski definition) is 4. The Balaban J connectivity index is 1.10. The maximum atomic E-state index is 13.8. The Bertz CT molecular complexity index is 1170. The molecule has 0 aliphatic heterocycles. The number of carbonyl (C=O) groups excluding carboxylic acids is 2. The van der Waals surface area contributed by atoms with E-state index < -0.39 is 0 Å². The molecular formula is C32H36O4. The van der Waals surface area contributed by atoms with Crippen molar-refractivity contribution in [2.75, 3.05) is 0 Å². The van der Waals surface area contributed by atoms with Gasteiger partial charge < -0.3 is 9.47 Å². The van der Waals surface area contributed by atoms with Crippen LogP contribution in [-0.2, 0) is 9.59 Å². The second-order valence-electron chi connectivity index (χ2n) is 13.0. The van der Waals surface area contributed by atoms with Crippen molar-refractivity contribution in [2.45, 2.75) is 77.0 Å². The van der Waals surface area contributed by atoms with Crippen molar-refractivity contribution in [1.82, 2.24) is 0 Å². The smallest absolute Gasteiger partial charge is 0.318 e. The molecule has 0 spiro atoms. The second-order valence-corrected chi connectivity index (χ2v) is 13.0. The van der Waals surface area contributed by atoms with E-state index in [0.29, 0.717) is 47.0 Å². The lowest BCUT2D eigenvalue weighted by molar-refractivity contribution is -0.152. The highest BCUT2D eigenvalue weighted by Crippen LogP contribution is 2.68. The first-order valence-electron chi connectivity index (χ1n) is 14.6. The van der Waals surface area contributed by atoms with E-state index in [1.54, 1.807) is 0 Å². The van der Waals surface area contributed by atoms with Gasteiger partial charge in [0, 0.05) is 10.8 Å². The Kier molecular flexibility index (Phi) is 4.57. The van der Waals surface area contributed by atoms with Gasteiger partial charge in [-0.05, 0) is 112 Å². The maximum Gasteiger partial charge on any atom is 0.318 e. The van der Waals surface area contributed by atoms with Gasteiger partial charge in [-0.2, -0.15) is 0 Å². The fourth-order valence-electron chi connectivity index (χ4n) is 10.8. The molecule has 0 saturated heterocycles. The van der Waals surface area contributed by atoms with Gasteiger partial charge in [0.05, 0.1) is 10.8 Å². The van der Waals surface area contributed by atoms with Crippen LogP contribution in [0.1, 0.15) is 77.0 Å². The summed E-state index contributed by atoms with van der Waals surface area (Å²) < 4.78 is 12.5. The van der Waals surface area contributed by atoms with Gasteiger partial charge in [-0.25, -0.2) is 0 Å². The van der Waals surface area contributed by atoms with E-state index in [4.69, 9.17) is 9.47 Å². The van der Waals surface area contributed by atoms with Crippen LogP contribution in [0.5, 0.6) is 11.5 Å².